The molecule has 0 saturated heterocycles. The number of rotatable bonds is 10. The molecule has 33 heavy (non-hydrogen) atoms. The summed E-state index contributed by atoms with van der Waals surface area (Å²) in [6.07, 6.45) is 0.0223. The molecule has 5 nitrogen and oxygen atoms in total. The second-order valence-corrected chi connectivity index (χ2v) is 8.03. The Kier molecular flexibility index (Phi) is 8.14. The van der Waals surface area contributed by atoms with Crippen molar-refractivity contribution in [3.63, 3.8) is 0 Å². The molecule has 0 saturated carbocycles. The fourth-order valence-electron chi connectivity index (χ4n) is 3.35. The number of ether oxygens (including phenoxy) is 1. The molecule has 0 fully saturated rings. The summed E-state index contributed by atoms with van der Waals surface area (Å²) in [5.41, 5.74) is 0.941. The van der Waals surface area contributed by atoms with E-state index in [2.05, 4.69) is 0 Å². The maximum atomic E-state index is 13.5. The number of likely N-dealkylation sites (N-methyl/N-ethyl adjacent to an activating group) is 1. The Bertz CT molecular complexity index is 1120. The van der Waals surface area contributed by atoms with Gasteiger partial charge in [0.1, 0.15) is 23.5 Å². The van der Waals surface area contributed by atoms with Crippen molar-refractivity contribution in [2.24, 2.45) is 0 Å². The maximum absolute atomic E-state index is 13.5. The van der Waals surface area contributed by atoms with E-state index in [0.717, 1.165) is 17.7 Å². The molecule has 0 amide bonds. The zero-order valence-electron chi connectivity index (χ0n) is 17.8. The number of carboxylic acids is 1. The molecule has 3 aromatic carbocycles. The number of ketones is 1. The summed E-state index contributed by atoms with van der Waals surface area (Å²) in [5, 5.41) is 9.54. The van der Waals surface area contributed by atoms with Crippen molar-refractivity contribution in [1.82, 2.24) is 4.90 Å². The van der Waals surface area contributed by atoms with E-state index in [9.17, 15) is 18.4 Å². The molecular formula is C25H22ClF2NO4. The minimum Gasteiger partial charge on any atom is -0.486 e. The topological polar surface area (TPSA) is 66.8 Å². The number of hydrogen-bond donors (Lipinski definition) is 1. The van der Waals surface area contributed by atoms with E-state index in [4.69, 9.17) is 21.4 Å². The monoisotopic (exact) mass is 473 g/mol. The van der Waals surface area contributed by atoms with Gasteiger partial charge in [0, 0.05) is 35.2 Å². The predicted octanol–water partition coefficient (Wildman–Crippen LogP) is 5.38. The molecule has 3 aromatic rings. The van der Waals surface area contributed by atoms with Crippen LogP contribution in [0.5, 0.6) is 5.75 Å². The van der Waals surface area contributed by atoms with Gasteiger partial charge in [-0.05, 0) is 49.0 Å². The number of nitrogens with zero attached hydrogens (tertiary/aromatic N) is 1. The average Bonchev–Trinajstić information content (AvgIpc) is 2.76. The number of carboxylic acid groups (broad SMARTS) is 1. The largest absolute Gasteiger partial charge is 0.486 e. The molecule has 0 aliphatic carbocycles. The van der Waals surface area contributed by atoms with Gasteiger partial charge in [0.05, 0.1) is 6.54 Å². The summed E-state index contributed by atoms with van der Waals surface area (Å²) in [4.78, 5) is 25.4. The highest BCUT2D eigenvalue weighted by atomic mass is 35.5. The van der Waals surface area contributed by atoms with Crippen LogP contribution in [0, 0.1) is 11.6 Å². The van der Waals surface area contributed by atoms with Gasteiger partial charge in [0.2, 0.25) is 0 Å². The molecule has 0 radical (unpaired) electrons. The second kappa shape index (κ2) is 11.0. The summed E-state index contributed by atoms with van der Waals surface area (Å²) < 4.78 is 33.2. The molecule has 0 aromatic heterocycles. The van der Waals surface area contributed by atoms with Gasteiger partial charge in [-0.2, -0.15) is 0 Å². The molecule has 3 rings (SSSR count). The summed E-state index contributed by atoms with van der Waals surface area (Å²) in [5.74, 6) is -2.75. The van der Waals surface area contributed by atoms with Crippen LogP contribution < -0.4 is 4.74 Å². The molecule has 172 valence electrons. The Morgan fingerprint density at radius 3 is 2.30 bits per heavy atom. The SMILES string of the molecule is CN(CCC(Oc1cccc(C(=O)c2cc(F)cc(F)c2)c1)c1ccc(Cl)cc1)CC(=O)O. The first kappa shape index (κ1) is 24.4. The van der Waals surface area contributed by atoms with E-state index < -0.39 is 29.5 Å². The van der Waals surface area contributed by atoms with E-state index in [1.165, 1.54) is 12.1 Å². The molecule has 1 N–H and O–H groups in total. The van der Waals surface area contributed by atoms with Crippen molar-refractivity contribution in [1.29, 1.82) is 0 Å². The van der Waals surface area contributed by atoms with Gasteiger partial charge in [-0.15, -0.1) is 0 Å². The third-order valence-corrected chi connectivity index (χ3v) is 5.17. The predicted molar refractivity (Wildman–Crippen MR) is 121 cm³/mol. The number of carbonyl (C=O) groups excluding carboxylic acids is 1. The highest BCUT2D eigenvalue weighted by Gasteiger charge is 2.18. The smallest absolute Gasteiger partial charge is 0.317 e. The Balaban J connectivity index is 1.82. The zero-order valence-corrected chi connectivity index (χ0v) is 18.6. The lowest BCUT2D eigenvalue weighted by atomic mass is 10.0. The van der Waals surface area contributed by atoms with Crippen LogP contribution in [0.2, 0.25) is 5.02 Å². The third-order valence-electron chi connectivity index (χ3n) is 4.92. The highest BCUT2D eigenvalue weighted by Crippen LogP contribution is 2.27. The summed E-state index contributed by atoms with van der Waals surface area (Å²) in [6, 6.07) is 16.1. The maximum Gasteiger partial charge on any atom is 0.317 e. The molecule has 1 unspecified atom stereocenters. The van der Waals surface area contributed by atoms with Crippen molar-refractivity contribution in [3.05, 3.63) is 100 Å². The number of halogens is 3. The first-order valence-corrected chi connectivity index (χ1v) is 10.5. The van der Waals surface area contributed by atoms with Crippen LogP contribution in [0.1, 0.15) is 34.0 Å². The Morgan fingerprint density at radius 2 is 1.67 bits per heavy atom. The summed E-state index contributed by atoms with van der Waals surface area (Å²) in [7, 11) is 1.70. The lowest BCUT2D eigenvalue weighted by Gasteiger charge is -2.23. The number of hydrogen-bond acceptors (Lipinski definition) is 4. The first-order valence-electron chi connectivity index (χ1n) is 10.1. The quantitative estimate of drug-likeness (QED) is 0.401. The van der Waals surface area contributed by atoms with Gasteiger partial charge in [-0.1, -0.05) is 35.9 Å². The van der Waals surface area contributed by atoms with Crippen LogP contribution in [-0.4, -0.2) is 41.9 Å². The summed E-state index contributed by atoms with van der Waals surface area (Å²) in [6.45, 7) is 0.336. The van der Waals surface area contributed by atoms with Crippen LogP contribution in [0.15, 0.2) is 66.7 Å². The van der Waals surface area contributed by atoms with Gasteiger partial charge in [0.15, 0.2) is 5.78 Å². The molecular weight excluding hydrogens is 452 g/mol. The Morgan fingerprint density at radius 1 is 1.00 bits per heavy atom. The Hall–Kier alpha value is -3.29. The number of benzene rings is 3. The fraction of sp³-hybridized carbons (Fsp3) is 0.200. The van der Waals surface area contributed by atoms with E-state index in [-0.39, 0.29) is 17.7 Å². The van der Waals surface area contributed by atoms with Crippen LogP contribution in [0.25, 0.3) is 0 Å². The van der Waals surface area contributed by atoms with Crippen LogP contribution in [-0.2, 0) is 4.79 Å². The van der Waals surface area contributed by atoms with E-state index in [0.29, 0.717) is 29.8 Å². The second-order valence-electron chi connectivity index (χ2n) is 7.59. The van der Waals surface area contributed by atoms with Gasteiger partial charge < -0.3 is 9.84 Å². The normalized spacial score (nSPS) is 11.9. The number of aliphatic carboxylic acids is 1. The molecule has 1 atom stereocenters. The van der Waals surface area contributed by atoms with Crippen molar-refractivity contribution < 1.29 is 28.2 Å². The fourth-order valence-corrected chi connectivity index (χ4v) is 3.47. The molecule has 0 heterocycles. The zero-order chi connectivity index (χ0) is 24.0. The van der Waals surface area contributed by atoms with Gasteiger partial charge in [0.25, 0.3) is 0 Å². The van der Waals surface area contributed by atoms with E-state index >= 15 is 0 Å². The van der Waals surface area contributed by atoms with Crippen molar-refractivity contribution >= 4 is 23.4 Å². The minimum absolute atomic E-state index is 0.103. The third kappa shape index (κ3) is 7.10. The van der Waals surface area contributed by atoms with Crippen molar-refractivity contribution in [2.45, 2.75) is 12.5 Å². The van der Waals surface area contributed by atoms with Gasteiger partial charge >= 0.3 is 5.97 Å². The molecule has 0 aliphatic heterocycles. The summed E-state index contributed by atoms with van der Waals surface area (Å²) >= 11 is 5.99. The van der Waals surface area contributed by atoms with Crippen LogP contribution >= 0.6 is 11.6 Å². The lowest BCUT2D eigenvalue weighted by molar-refractivity contribution is -0.138. The van der Waals surface area contributed by atoms with Gasteiger partial charge in [-0.25, -0.2) is 8.78 Å². The molecule has 0 spiro atoms. The van der Waals surface area contributed by atoms with Crippen molar-refractivity contribution in [3.8, 4) is 5.75 Å². The number of carbonyl (C=O) groups is 2. The Labute approximate surface area is 195 Å². The first-order chi connectivity index (χ1) is 15.7. The molecule has 8 heteroatoms. The van der Waals surface area contributed by atoms with E-state index in [1.807, 2.05) is 12.1 Å². The highest BCUT2D eigenvalue weighted by molar-refractivity contribution is 6.30. The molecule has 0 bridgehead atoms. The average molecular weight is 474 g/mol. The lowest BCUT2D eigenvalue weighted by Crippen LogP contribution is -2.28. The molecule has 0 aliphatic rings. The van der Waals surface area contributed by atoms with Crippen LogP contribution in [0.4, 0.5) is 8.78 Å². The van der Waals surface area contributed by atoms with Gasteiger partial charge in [-0.3, -0.25) is 14.5 Å². The minimum atomic E-state index is -0.929. The standard InChI is InChI=1S/C25H22ClF2NO4/c1-29(15-24(30)31)10-9-23(16-5-7-19(26)8-6-16)33-22-4-2-3-17(13-22)25(32)18-11-20(27)14-21(28)12-18/h2-8,11-14,23H,9-10,15H2,1H3,(H,30,31). The van der Waals surface area contributed by atoms with E-state index in [1.54, 1.807) is 36.2 Å². The van der Waals surface area contributed by atoms with Crippen molar-refractivity contribution in [2.75, 3.05) is 20.1 Å². The van der Waals surface area contributed by atoms with Crippen LogP contribution in [0.3, 0.4) is 0 Å².